The molecule has 2 aromatic rings. The first-order valence-corrected chi connectivity index (χ1v) is 11.6. The van der Waals surface area contributed by atoms with Gasteiger partial charge in [-0.3, -0.25) is 4.79 Å². The Morgan fingerprint density at radius 3 is 2.62 bits per heavy atom. The maximum Gasteiger partial charge on any atom is 0.230 e. The predicted molar refractivity (Wildman–Crippen MR) is 117 cm³/mol. The van der Waals surface area contributed by atoms with Crippen LogP contribution < -0.4 is 5.32 Å². The minimum atomic E-state index is 0.0707. The topological polar surface area (TPSA) is 69.0 Å². The average molecular weight is 437 g/mol. The van der Waals surface area contributed by atoms with E-state index in [1.165, 1.54) is 37.4 Å². The summed E-state index contributed by atoms with van der Waals surface area (Å²) in [5.41, 5.74) is 0.953. The van der Waals surface area contributed by atoms with Crippen molar-refractivity contribution in [1.82, 2.24) is 20.1 Å². The molecular formula is C21H29ClN4O2S. The highest BCUT2D eigenvalue weighted by atomic mass is 35.5. The monoisotopic (exact) mass is 436 g/mol. The number of halogens is 1. The molecule has 8 heteroatoms. The van der Waals surface area contributed by atoms with Gasteiger partial charge in [-0.15, -0.1) is 10.2 Å². The second-order valence-electron chi connectivity index (χ2n) is 7.36. The minimum Gasteiger partial charge on any atom is -0.385 e. The van der Waals surface area contributed by atoms with Gasteiger partial charge in [0.05, 0.1) is 5.75 Å². The molecule has 0 atom stereocenters. The molecule has 1 saturated carbocycles. The summed E-state index contributed by atoms with van der Waals surface area (Å²) in [4.78, 5) is 12.5. The van der Waals surface area contributed by atoms with Gasteiger partial charge in [-0.2, -0.15) is 0 Å². The summed E-state index contributed by atoms with van der Waals surface area (Å²) in [5.74, 6) is 1.20. The Bertz CT molecular complexity index is 773. The van der Waals surface area contributed by atoms with Crippen molar-refractivity contribution in [3.63, 3.8) is 0 Å². The van der Waals surface area contributed by atoms with Crippen LogP contribution in [0, 0.1) is 0 Å². The van der Waals surface area contributed by atoms with Gasteiger partial charge < -0.3 is 14.6 Å². The molecule has 0 spiro atoms. The van der Waals surface area contributed by atoms with E-state index in [4.69, 9.17) is 16.3 Å². The fourth-order valence-electron chi connectivity index (χ4n) is 3.60. The molecule has 1 aromatic heterocycles. The van der Waals surface area contributed by atoms with Gasteiger partial charge in [-0.1, -0.05) is 49.0 Å². The van der Waals surface area contributed by atoms with Crippen molar-refractivity contribution in [3.8, 4) is 11.4 Å². The maximum absolute atomic E-state index is 12.5. The van der Waals surface area contributed by atoms with Crippen LogP contribution >= 0.6 is 23.4 Å². The number of hydrogen-bond donors (Lipinski definition) is 1. The van der Waals surface area contributed by atoms with E-state index in [2.05, 4.69) is 20.1 Å². The van der Waals surface area contributed by atoms with E-state index in [0.29, 0.717) is 23.4 Å². The molecule has 0 radical (unpaired) electrons. The molecule has 0 bridgehead atoms. The van der Waals surface area contributed by atoms with Crippen LogP contribution in [0.3, 0.4) is 0 Å². The molecule has 1 aliphatic carbocycles. The SMILES string of the molecule is COCCCn1c(SCC(=O)NC2CCCCCC2)nnc1-c1ccc(Cl)cc1. The van der Waals surface area contributed by atoms with E-state index in [1.54, 1.807) is 7.11 Å². The number of amides is 1. The van der Waals surface area contributed by atoms with Crippen molar-refractivity contribution in [2.24, 2.45) is 0 Å². The van der Waals surface area contributed by atoms with E-state index >= 15 is 0 Å². The van der Waals surface area contributed by atoms with Crippen LogP contribution in [0.4, 0.5) is 0 Å². The molecule has 0 aliphatic heterocycles. The van der Waals surface area contributed by atoms with Crippen molar-refractivity contribution < 1.29 is 9.53 Å². The van der Waals surface area contributed by atoms with Crippen LogP contribution in [0.1, 0.15) is 44.9 Å². The third-order valence-electron chi connectivity index (χ3n) is 5.10. The molecule has 1 aliphatic rings. The van der Waals surface area contributed by atoms with Crippen LogP contribution in [0.15, 0.2) is 29.4 Å². The lowest BCUT2D eigenvalue weighted by Gasteiger charge is -2.16. The van der Waals surface area contributed by atoms with E-state index in [0.717, 1.165) is 42.4 Å². The van der Waals surface area contributed by atoms with Crippen molar-refractivity contribution in [3.05, 3.63) is 29.3 Å². The number of aromatic nitrogens is 3. The molecule has 0 saturated heterocycles. The second-order valence-corrected chi connectivity index (χ2v) is 8.73. The standard InChI is InChI=1S/C21H29ClN4O2S/c1-28-14-6-13-26-20(16-9-11-17(22)12-10-16)24-25-21(26)29-15-19(27)23-18-7-4-2-3-5-8-18/h9-12,18H,2-8,13-15H2,1H3,(H,23,27). The Balaban J connectivity index is 1.65. The number of carbonyl (C=O) groups is 1. The van der Waals surface area contributed by atoms with Gasteiger partial charge in [0.1, 0.15) is 0 Å². The number of nitrogens with zero attached hydrogens (tertiary/aromatic N) is 3. The third-order valence-corrected chi connectivity index (χ3v) is 6.32. The van der Waals surface area contributed by atoms with Gasteiger partial charge in [-0.05, 0) is 43.5 Å². The largest absolute Gasteiger partial charge is 0.385 e. The Hall–Kier alpha value is -1.57. The lowest BCUT2D eigenvalue weighted by molar-refractivity contribution is -0.119. The molecule has 3 rings (SSSR count). The van der Waals surface area contributed by atoms with Crippen molar-refractivity contribution in [2.45, 2.75) is 62.7 Å². The molecule has 1 fully saturated rings. The summed E-state index contributed by atoms with van der Waals surface area (Å²) in [6.45, 7) is 1.38. The molecule has 0 unspecified atom stereocenters. The van der Waals surface area contributed by atoms with Crippen molar-refractivity contribution in [1.29, 1.82) is 0 Å². The number of hydrogen-bond acceptors (Lipinski definition) is 5. The number of thioether (sulfide) groups is 1. The zero-order valence-corrected chi connectivity index (χ0v) is 18.5. The fourth-order valence-corrected chi connectivity index (χ4v) is 4.50. The first-order valence-electron chi connectivity index (χ1n) is 10.3. The summed E-state index contributed by atoms with van der Waals surface area (Å²) in [6.07, 6.45) is 7.98. The van der Waals surface area contributed by atoms with Crippen LogP contribution in [-0.4, -0.2) is 46.2 Å². The zero-order chi connectivity index (χ0) is 20.5. The molecule has 1 heterocycles. The smallest absolute Gasteiger partial charge is 0.230 e. The molecule has 1 aromatic carbocycles. The highest BCUT2D eigenvalue weighted by molar-refractivity contribution is 7.99. The summed E-state index contributed by atoms with van der Waals surface area (Å²) in [7, 11) is 1.69. The molecular weight excluding hydrogens is 408 g/mol. The number of nitrogens with one attached hydrogen (secondary N) is 1. The Morgan fingerprint density at radius 2 is 1.93 bits per heavy atom. The first-order chi connectivity index (χ1) is 14.2. The summed E-state index contributed by atoms with van der Waals surface area (Å²) >= 11 is 7.45. The van der Waals surface area contributed by atoms with Crippen LogP contribution in [0.25, 0.3) is 11.4 Å². The number of carbonyl (C=O) groups excluding carboxylic acids is 1. The molecule has 158 valence electrons. The zero-order valence-electron chi connectivity index (χ0n) is 16.9. The lowest BCUT2D eigenvalue weighted by atomic mass is 10.1. The van der Waals surface area contributed by atoms with E-state index in [9.17, 15) is 4.79 Å². The van der Waals surface area contributed by atoms with Crippen molar-refractivity contribution >= 4 is 29.3 Å². The quantitative estimate of drug-likeness (QED) is 0.354. The highest BCUT2D eigenvalue weighted by Gasteiger charge is 2.18. The Kier molecular flexibility index (Phi) is 8.83. The lowest BCUT2D eigenvalue weighted by Crippen LogP contribution is -2.35. The summed E-state index contributed by atoms with van der Waals surface area (Å²) in [6, 6.07) is 7.88. The van der Waals surface area contributed by atoms with Gasteiger partial charge in [0, 0.05) is 36.9 Å². The minimum absolute atomic E-state index is 0.0707. The Morgan fingerprint density at radius 1 is 1.21 bits per heavy atom. The molecule has 1 amide bonds. The van der Waals surface area contributed by atoms with Gasteiger partial charge >= 0.3 is 0 Å². The van der Waals surface area contributed by atoms with Gasteiger partial charge in [-0.25, -0.2) is 0 Å². The summed E-state index contributed by atoms with van der Waals surface area (Å²) < 4.78 is 7.25. The van der Waals surface area contributed by atoms with Gasteiger partial charge in [0.25, 0.3) is 0 Å². The first kappa shape index (κ1) is 22.1. The van der Waals surface area contributed by atoms with Gasteiger partial charge in [0.2, 0.25) is 5.91 Å². The average Bonchev–Trinajstić information content (AvgIpc) is 2.94. The number of methoxy groups -OCH3 is 1. The summed E-state index contributed by atoms with van der Waals surface area (Å²) in [5, 5.41) is 13.4. The number of ether oxygens (including phenoxy) is 1. The van der Waals surface area contributed by atoms with E-state index in [1.807, 2.05) is 24.3 Å². The van der Waals surface area contributed by atoms with E-state index in [-0.39, 0.29) is 5.91 Å². The fraction of sp³-hybridized carbons (Fsp3) is 0.571. The number of rotatable bonds is 9. The highest BCUT2D eigenvalue weighted by Crippen LogP contribution is 2.26. The predicted octanol–water partition coefficient (Wildman–Crippen LogP) is 4.57. The molecule has 29 heavy (non-hydrogen) atoms. The maximum atomic E-state index is 12.5. The Labute approximate surface area is 181 Å². The third kappa shape index (κ3) is 6.73. The number of benzene rings is 1. The van der Waals surface area contributed by atoms with Crippen LogP contribution in [-0.2, 0) is 16.1 Å². The second kappa shape index (κ2) is 11.6. The normalized spacial score (nSPS) is 15.2. The van der Waals surface area contributed by atoms with Crippen LogP contribution in [0.2, 0.25) is 5.02 Å². The van der Waals surface area contributed by atoms with E-state index < -0.39 is 0 Å². The molecule has 6 nitrogen and oxygen atoms in total. The van der Waals surface area contributed by atoms with Gasteiger partial charge in [0.15, 0.2) is 11.0 Å². The molecule has 1 N–H and O–H groups in total. The van der Waals surface area contributed by atoms with Crippen molar-refractivity contribution in [2.75, 3.05) is 19.5 Å². The van der Waals surface area contributed by atoms with Crippen LogP contribution in [0.5, 0.6) is 0 Å².